The van der Waals surface area contributed by atoms with Crippen LogP contribution in [0.5, 0.6) is 0 Å². The number of hydrogen-bond acceptors (Lipinski definition) is 3. The minimum absolute atomic E-state index is 0.0474. The van der Waals surface area contributed by atoms with Crippen molar-refractivity contribution in [1.82, 2.24) is 9.80 Å². The molecule has 2 aliphatic carbocycles. The Morgan fingerprint density at radius 2 is 1.85 bits per heavy atom. The quantitative estimate of drug-likeness (QED) is 0.850. The number of hydrogen-bond donors (Lipinski definition) is 1. The second-order valence-electron chi connectivity index (χ2n) is 7.37. The van der Waals surface area contributed by atoms with E-state index in [0.29, 0.717) is 5.91 Å². The highest BCUT2D eigenvalue weighted by atomic mass is 16.2. The molecule has 1 aliphatic heterocycles. The molecule has 0 aromatic rings. The molecule has 2 unspecified atom stereocenters. The van der Waals surface area contributed by atoms with E-state index < -0.39 is 0 Å². The summed E-state index contributed by atoms with van der Waals surface area (Å²) in [5, 5.41) is 0. The number of piperazine rings is 1. The Kier molecular flexibility index (Phi) is 4.04. The van der Waals surface area contributed by atoms with Crippen molar-refractivity contribution in [2.75, 3.05) is 32.7 Å². The van der Waals surface area contributed by atoms with Crippen LogP contribution in [-0.4, -0.2) is 54.0 Å². The fraction of sp³-hybridized carbons (Fsp3) is 0.938. The van der Waals surface area contributed by atoms with Gasteiger partial charge in [-0.15, -0.1) is 0 Å². The molecule has 3 rings (SSSR count). The van der Waals surface area contributed by atoms with E-state index in [1.807, 2.05) is 0 Å². The first-order chi connectivity index (χ1) is 9.56. The van der Waals surface area contributed by atoms with Crippen LogP contribution in [0, 0.1) is 11.8 Å². The monoisotopic (exact) mass is 279 g/mol. The lowest BCUT2D eigenvalue weighted by Crippen LogP contribution is -2.57. The molecule has 0 spiro atoms. The number of nitrogens with zero attached hydrogens (tertiary/aromatic N) is 2. The van der Waals surface area contributed by atoms with E-state index in [2.05, 4.69) is 16.7 Å². The minimum Gasteiger partial charge on any atom is -0.340 e. The van der Waals surface area contributed by atoms with Crippen LogP contribution >= 0.6 is 0 Å². The zero-order valence-electron chi connectivity index (χ0n) is 12.8. The van der Waals surface area contributed by atoms with Gasteiger partial charge < -0.3 is 10.6 Å². The summed E-state index contributed by atoms with van der Waals surface area (Å²) in [6.45, 7) is 7.22. The normalized spacial score (nSPS) is 36.1. The standard InChI is InChI=1S/C16H29N3O/c1-16(17)7-3-2-4-14(16)15(20)19-10-8-18(9-11-19)12-13-5-6-13/h13-14H,2-12,17H2,1H3. The lowest BCUT2D eigenvalue weighted by atomic mass is 9.74. The van der Waals surface area contributed by atoms with Crippen molar-refractivity contribution in [3.05, 3.63) is 0 Å². The van der Waals surface area contributed by atoms with Crippen molar-refractivity contribution in [3.8, 4) is 0 Å². The van der Waals surface area contributed by atoms with Crippen LogP contribution in [0.2, 0.25) is 0 Å². The number of rotatable bonds is 3. The van der Waals surface area contributed by atoms with E-state index in [1.54, 1.807) is 0 Å². The van der Waals surface area contributed by atoms with Gasteiger partial charge in [-0.25, -0.2) is 0 Å². The van der Waals surface area contributed by atoms with Crippen molar-refractivity contribution in [2.24, 2.45) is 17.6 Å². The van der Waals surface area contributed by atoms with Crippen LogP contribution in [0.1, 0.15) is 45.4 Å². The number of carbonyl (C=O) groups is 1. The summed E-state index contributed by atoms with van der Waals surface area (Å²) < 4.78 is 0. The molecule has 114 valence electrons. The molecule has 0 bridgehead atoms. The van der Waals surface area contributed by atoms with Gasteiger partial charge in [0.15, 0.2) is 0 Å². The molecule has 0 aromatic carbocycles. The first-order valence-corrected chi connectivity index (χ1v) is 8.36. The zero-order chi connectivity index (χ0) is 14.2. The Balaban J connectivity index is 1.52. The SMILES string of the molecule is CC1(N)CCCCC1C(=O)N1CCN(CC2CC2)CC1. The third-order valence-electron chi connectivity index (χ3n) is 5.45. The van der Waals surface area contributed by atoms with Crippen molar-refractivity contribution in [1.29, 1.82) is 0 Å². The van der Waals surface area contributed by atoms with Crippen LogP contribution < -0.4 is 5.73 Å². The summed E-state index contributed by atoms with van der Waals surface area (Å²) in [6, 6.07) is 0. The maximum atomic E-state index is 12.7. The Morgan fingerprint density at radius 3 is 2.45 bits per heavy atom. The van der Waals surface area contributed by atoms with E-state index >= 15 is 0 Å². The van der Waals surface area contributed by atoms with Gasteiger partial charge >= 0.3 is 0 Å². The fourth-order valence-corrected chi connectivity index (χ4v) is 3.80. The molecule has 1 heterocycles. The Hall–Kier alpha value is -0.610. The minimum atomic E-state index is -0.291. The molecule has 0 radical (unpaired) electrons. The first kappa shape index (κ1) is 14.3. The van der Waals surface area contributed by atoms with Crippen LogP contribution in [0.4, 0.5) is 0 Å². The third-order valence-corrected chi connectivity index (χ3v) is 5.45. The summed E-state index contributed by atoms with van der Waals surface area (Å²) in [5.74, 6) is 1.31. The second kappa shape index (κ2) is 5.64. The molecule has 1 saturated heterocycles. The number of carbonyl (C=O) groups excluding carboxylic acids is 1. The average Bonchev–Trinajstić information content (AvgIpc) is 3.22. The summed E-state index contributed by atoms with van der Waals surface area (Å²) in [6.07, 6.45) is 7.12. The molecule has 20 heavy (non-hydrogen) atoms. The van der Waals surface area contributed by atoms with E-state index in [1.165, 1.54) is 25.8 Å². The topological polar surface area (TPSA) is 49.6 Å². The Bertz CT molecular complexity index is 357. The Morgan fingerprint density at radius 1 is 1.15 bits per heavy atom. The van der Waals surface area contributed by atoms with E-state index in [9.17, 15) is 4.79 Å². The zero-order valence-corrected chi connectivity index (χ0v) is 12.8. The molecule has 0 aromatic heterocycles. The predicted octanol–water partition coefficient (Wildman–Crippen LogP) is 1.45. The maximum absolute atomic E-state index is 12.7. The molecular formula is C16H29N3O. The molecule has 2 atom stereocenters. The van der Waals surface area contributed by atoms with E-state index in [-0.39, 0.29) is 11.5 Å². The molecule has 2 N–H and O–H groups in total. The molecule has 3 fully saturated rings. The van der Waals surface area contributed by atoms with Gasteiger partial charge in [0.25, 0.3) is 0 Å². The van der Waals surface area contributed by atoms with Crippen LogP contribution in [0.3, 0.4) is 0 Å². The van der Waals surface area contributed by atoms with Crippen molar-refractivity contribution < 1.29 is 4.79 Å². The fourth-order valence-electron chi connectivity index (χ4n) is 3.80. The molecule has 1 amide bonds. The largest absolute Gasteiger partial charge is 0.340 e. The van der Waals surface area contributed by atoms with Gasteiger partial charge in [-0.05, 0) is 38.5 Å². The van der Waals surface area contributed by atoms with Crippen molar-refractivity contribution in [3.63, 3.8) is 0 Å². The summed E-state index contributed by atoms with van der Waals surface area (Å²) in [7, 11) is 0. The highest BCUT2D eigenvalue weighted by Crippen LogP contribution is 2.33. The van der Waals surface area contributed by atoms with Gasteiger partial charge in [-0.1, -0.05) is 12.8 Å². The summed E-state index contributed by atoms with van der Waals surface area (Å²) in [4.78, 5) is 17.3. The average molecular weight is 279 g/mol. The molecule has 2 saturated carbocycles. The van der Waals surface area contributed by atoms with Gasteiger partial charge in [0, 0.05) is 38.3 Å². The predicted molar refractivity (Wildman–Crippen MR) is 80.3 cm³/mol. The van der Waals surface area contributed by atoms with E-state index in [4.69, 9.17) is 5.73 Å². The lowest BCUT2D eigenvalue weighted by molar-refractivity contribution is -0.140. The highest BCUT2D eigenvalue weighted by molar-refractivity contribution is 5.80. The molecular weight excluding hydrogens is 250 g/mol. The number of amides is 1. The molecule has 4 heteroatoms. The van der Waals surface area contributed by atoms with Gasteiger partial charge in [-0.2, -0.15) is 0 Å². The number of nitrogens with two attached hydrogens (primary N) is 1. The summed E-state index contributed by atoms with van der Waals surface area (Å²) >= 11 is 0. The molecule has 4 nitrogen and oxygen atoms in total. The van der Waals surface area contributed by atoms with Crippen molar-refractivity contribution >= 4 is 5.91 Å². The van der Waals surface area contributed by atoms with Crippen LogP contribution in [0.25, 0.3) is 0 Å². The maximum Gasteiger partial charge on any atom is 0.227 e. The van der Waals surface area contributed by atoms with Crippen LogP contribution in [-0.2, 0) is 4.79 Å². The van der Waals surface area contributed by atoms with Gasteiger partial charge in [0.2, 0.25) is 5.91 Å². The van der Waals surface area contributed by atoms with Gasteiger partial charge in [0.1, 0.15) is 0 Å². The second-order valence-corrected chi connectivity index (χ2v) is 7.37. The summed E-state index contributed by atoms with van der Waals surface area (Å²) in [5.41, 5.74) is 6.08. The lowest BCUT2D eigenvalue weighted by Gasteiger charge is -2.42. The van der Waals surface area contributed by atoms with Crippen LogP contribution in [0.15, 0.2) is 0 Å². The third kappa shape index (κ3) is 3.17. The first-order valence-electron chi connectivity index (χ1n) is 8.36. The van der Waals surface area contributed by atoms with Crippen molar-refractivity contribution in [2.45, 2.75) is 51.0 Å². The highest BCUT2D eigenvalue weighted by Gasteiger charge is 2.40. The van der Waals surface area contributed by atoms with Gasteiger partial charge in [0.05, 0.1) is 5.92 Å². The van der Waals surface area contributed by atoms with E-state index in [0.717, 1.165) is 51.4 Å². The smallest absolute Gasteiger partial charge is 0.227 e. The Labute approximate surface area is 122 Å². The van der Waals surface area contributed by atoms with Gasteiger partial charge in [-0.3, -0.25) is 9.69 Å². The molecule has 3 aliphatic rings.